The third-order valence-electron chi connectivity index (χ3n) is 1.96. The molecule has 0 bridgehead atoms. The summed E-state index contributed by atoms with van der Waals surface area (Å²) >= 11 is 1.36. The second-order valence-electron chi connectivity index (χ2n) is 4.45. The number of hydrazine groups is 1. The van der Waals surface area contributed by atoms with Gasteiger partial charge >= 0.3 is 0 Å². The average molecular weight is 243 g/mol. The number of carbonyl (C=O) groups excluding carboxylic acids is 1. The Kier molecular flexibility index (Phi) is 4.01. The Morgan fingerprint density at radius 3 is 2.62 bits per heavy atom. The molecule has 0 saturated heterocycles. The number of nitrogens with zero attached hydrogens (tertiary/aromatic N) is 1. The van der Waals surface area contributed by atoms with Gasteiger partial charge in [0.15, 0.2) is 0 Å². The van der Waals surface area contributed by atoms with E-state index in [1.165, 1.54) is 11.3 Å². The lowest BCUT2D eigenvalue weighted by molar-refractivity contribution is 0.0952. The van der Waals surface area contributed by atoms with Gasteiger partial charge in [0, 0.05) is 12.5 Å². The zero-order valence-corrected chi connectivity index (χ0v) is 10.8. The number of amides is 1. The lowest BCUT2D eigenvalue weighted by Crippen LogP contribution is -2.30. The van der Waals surface area contributed by atoms with Crippen molar-refractivity contribution in [3.05, 3.63) is 15.6 Å². The van der Waals surface area contributed by atoms with Crippen LogP contribution in [0.15, 0.2) is 0 Å². The van der Waals surface area contributed by atoms with Crippen molar-refractivity contribution in [3.8, 4) is 0 Å². The van der Waals surface area contributed by atoms with Crippen molar-refractivity contribution in [1.29, 1.82) is 0 Å². The first-order chi connectivity index (χ1) is 7.40. The van der Waals surface area contributed by atoms with E-state index in [2.05, 4.69) is 10.4 Å². The lowest BCUT2D eigenvalue weighted by Gasteiger charge is -2.13. The lowest BCUT2D eigenvalue weighted by atomic mass is 9.98. The van der Waals surface area contributed by atoms with Crippen LogP contribution in [0, 0.1) is 0 Å². The minimum atomic E-state index is -0.319. The molecule has 1 aromatic heterocycles. The van der Waals surface area contributed by atoms with Crippen LogP contribution in [0.25, 0.3) is 0 Å². The molecule has 90 valence electrons. The molecule has 0 aliphatic heterocycles. The van der Waals surface area contributed by atoms with Crippen molar-refractivity contribution < 1.29 is 9.53 Å². The molecule has 1 amide bonds. The highest BCUT2D eigenvalue weighted by molar-refractivity contribution is 7.14. The molecule has 1 rings (SSSR count). The van der Waals surface area contributed by atoms with Crippen LogP contribution in [0.4, 0.5) is 0 Å². The highest BCUT2D eigenvalue weighted by Gasteiger charge is 2.24. The van der Waals surface area contributed by atoms with Crippen LogP contribution in [0.3, 0.4) is 0 Å². The van der Waals surface area contributed by atoms with Crippen LogP contribution >= 0.6 is 11.3 Å². The van der Waals surface area contributed by atoms with E-state index < -0.39 is 0 Å². The highest BCUT2D eigenvalue weighted by Crippen LogP contribution is 2.29. The van der Waals surface area contributed by atoms with Crippen molar-refractivity contribution >= 4 is 17.2 Å². The second-order valence-corrected chi connectivity index (χ2v) is 5.45. The molecule has 0 aliphatic carbocycles. The van der Waals surface area contributed by atoms with Crippen LogP contribution in [-0.2, 0) is 16.8 Å². The molecule has 0 radical (unpaired) electrons. The molecule has 16 heavy (non-hydrogen) atoms. The van der Waals surface area contributed by atoms with Gasteiger partial charge in [-0.2, -0.15) is 0 Å². The van der Waals surface area contributed by atoms with Gasteiger partial charge in [-0.15, -0.1) is 11.3 Å². The molecular weight excluding hydrogens is 226 g/mol. The predicted octanol–water partition coefficient (Wildman–Crippen LogP) is 1.19. The van der Waals surface area contributed by atoms with Crippen molar-refractivity contribution in [1.82, 2.24) is 10.4 Å². The van der Waals surface area contributed by atoms with Crippen molar-refractivity contribution in [2.45, 2.75) is 32.8 Å². The average Bonchev–Trinajstić information content (AvgIpc) is 2.61. The van der Waals surface area contributed by atoms with Crippen LogP contribution in [0.2, 0.25) is 0 Å². The smallest absolute Gasteiger partial charge is 0.277 e. The summed E-state index contributed by atoms with van der Waals surface area (Å²) in [5.41, 5.74) is 2.68. The fraction of sp³-hybridized carbons (Fsp3) is 0.600. The molecule has 0 aliphatic rings. The maximum absolute atomic E-state index is 11.5. The molecule has 1 aromatic rings. The maximum atomic E-state index is 11.5. The van der Waals surface area contributed by atoms with Gasteiger partial charge < -0.3 is 4.74 Å². The first kappa shape index (κ1) is 13.1. The summed E-state index contributed by atoms with van der Waals surface area (Å²) in [7, 11) is 1.57. The number of ether oxygens (including phenoxy) is 1. The van der Waals surface area contributed by atoms with Crippen molar-refractivity contribution in [3.63, 3.8) is 0 Å². The molecule has 0 aromatic carbocycles. The summed E-state index contributed by atoms with van der Waals surface area (Å²) in [6.45, 7) is 6.46. The summed E-state index contributed by atoms with van der Waals surface area (Å²) in [5, 5.41) is 0.901. The van der Waals surface area contributed by atoms with Gasteiger partial charge in [-0.1, -0.05) is 20.8 Å². The highest BCUT2D eigenvalue weighted by atomic mass is 32.1. The molecule has 0 atom stereocenters. The Morgan fingerprint density at radius 2 is 2.19 bits per heavy atom. The Morgan fingerprint density at radius 1 is 1.56 bits per heavy atom. The molecular formula is C10H17N3O2S. The van der Waals surface area contributed by atoms with E-state index in [9.17, 15) is 4.79 Å². The molecule has 0 saturated carbocycles. The summed E-state index contributed by atoms with van der Waals surface area (Å²) in [4.78, 5) is 16.5. The Hall–Kier alpha value is -0.980. The van der Waals surface area contributed by atoms with Gasteiger partial charge in [0.05, 0.1) is 17.3 Å². The number of aromatic nitrogens is 1. The Balaban J connectivity index is 3.15. The topological polar surface area (TPSA) is 77.2 Å². The number of hydrogen-bond donors (Lipinski definition) is 2. The number of nitrogens with one attached hydrogen (secondary N) is 1. The number of rotatable bonds is 3. The molecule has 1 heterocycles. The van der Waals surface area contributed by atoms with E-state index in [1.54, 1.807) is 7.11 Å². The van der Waals surface area contributed by atoms with Gasteiger partial charge in [0.1, 0.15) is 4.88 Å². The van der Waals surface area contributed by atoms with Crippen LogP contribution in [-0.4, -0.2) is 18.0 Å². The molecule has 3 N–H and O–H groups in total. The largest absolute Gasteiger partial charge is 0.378 e. The number of thiazole rings is 1. The molecule has 0 spiro atoms. The van der Waals surface area contributed by atoms with Gasteiger partial charge in [0.2, 0.25) is 0 Å². The Labute approximate surface area is 99.0 Å². The first-order valence-electron chi connectivity index (χ1n) is 4.90. The number of hydrogen-bond acceptors (Lipinski definition) is 5. The van der Waals surface area contributed by atoms with E-state index in [0.717, 1.165) is 5.01 Å². The van der Waals surface area contributed by atoms with E-state index >= 15 is 0 Å². The van der Waals surface area contributed by atoms with Crippen LogP contribution in [0.1, 0.15) is 41.1 Å². The van der Waals surface area contributed by atoms with E-state index in [0.29, 0.717) is 17.2 Å². The zero-order valence-electron chi connectivity index (χ0n) is 9.96. The van der Waals surface area contributed by atoms with Crippen molar-refractivity contribution in [2.24, 2.45) is 5.84 Å². The fourth-order valence-electron chi connectivity index (χ4n) is 1.15. The molecule has 0 unspecified atom stereocenters. The molecule has 5 nitrogen and oxygen atoms in total. The summed E-state index contributed by atoms with van der Waals surface area (Å²) < 4.78 is 5.01. The van der Waals surface area contributed by atoms with Gasteiger partial charge in [-0.05, 0) is 0 Å². The van der Waals surface area contributed by atoms with Crippen molar-refractivity contribution in [2.75, 3.05) is 7.11 Å². The number of carbonyl (C=O) groups is 1. The Bertz CT molecular complexity index is 382. The summed E-state index contributed by atoms with van der Waals surface area (Å²) in [6.07, 6.45) is 0. The number of nitrogens with two attached hydrogens (primary N) is 1. The summed E-state index contributed by atoms with van der Waals surface area (Å²) in [5.74, 6) is 4.81. The quantitative estimate of drug-likeness (QED) is 0.475. The zero-order chi connectivity index (χ0) is 12.3. The normalized spacial score (nSPS) is 11.6. The third-order valence-corrected chi connectivity index (χ3v) is 3.48. The van der Waals surface area contributed by atoms with Crippen LogP contribution < -0.4 is 11.3 Å². The van der Waals surface area contributed by atoms with Crippen LogP contribution in [0.5, 0.6) is 0 Å². The summed E-state index contributed by atoms with van der Waals surface area (Å²) in [6, 6.07) is 0. The predicted molar refractivity (Wildman–Crippen MR) is 63.2 cm³/mol. The SMILES string of the molecule is COCc1nc(C(C)(C)C)sc1C(=O)NN. The minimum absolute atomic E-state index is 0.0830. The number of methoxy groups -OCH3 is 1. The maximum Gasteiger partial charge on any atom is 0.277 e. The monoisotopic (exact) mass is 243 g/mol. The minimum Gasteiger partial charge on any atom is -0.378 e. The number of nitrogen functional groups attached to an aromatic ring is 1. The van der Waals surface area contributed by atoms with E-state index in [4.69, 9.17) is 10.6 Å². The van der Waals surface area contributed by atoms with E-state index in [1.807, 2.05) is 20.8 Å². The van der Waals surface area contributed by atoms with Gasteiger partial charge in [0.25, 0.3) is 5.91 Å². The standard InChI is InChI=1S/C10H17N3O2S/c1-10(2,3)9-12-6(5-15-4)7(16-9)8(14)13-11/h5,11H2,1-4H3,(H,13,14). The fourth-order valence-corrected chi connectivity index (χ4v) is 2.18. The molecule has 6 heteroatoms. The first-order valence-corrected chi connectivity index (χ1v) is 5.72. The third kappa shape index (κ3) is 2.78. The van der Waals surface area contributed by atoms with Gasteiger partial charge in [-0.25, -0.2) is 10.8 Å². The second kappa shape index (κ2) is 4.90. The van der Waals surface area contributed by atoms with E-state index in [-0.39, 0.29) is 11.3 Å². The van der Waals surface area contributed by atoms with Gasteiger partial charge in [-0.3, -0.25) is 10.2 Å². The molecule has 0 fully saturated rings.